The minimum Gasteiger partial charge on any atom is -0.457 e. The van der Waals surface area contributed by atoms with E-state index in [-0.39, 0.29) is 5.97 Å². The van der Waals surface area contributed by atoms with Gasteiger partial charge in [0, 0.05) is 11.6 Å². The van der Waals surface area contributed by atoms with E-state index in [2.05, 4.69) is 4.98 Å². The number of rotatable bonds is 3. The highest BCUT2D eigenvalue weighted by Gasteiger charge is 2.12. The minimum absolute atomic E-state index is 0.292. The van der Waals surface area contributed by atoms with Crippen molar-refractivity contribution in [1.29, 1.82) is 0 Å². The Bertz CT molecular complexity index is 750. The number of pyridine rings is 1. The Labute approximate surface area is 134 Å². The van der Waals surface area contributed by atoms with Crippen molar-refractivity contribution in [2.24, 2.45) is 0 Å². The zero-order valence-electron chi connectivity index (χ0n) is 13.0. The van der Waals surface area contributed by atoms with Gasteiger partial charge in [0.2, 0.25) is 0 Å². The number of carbonyl (C=O) groups is 1. The van der Waals surface area contributed by atoms with Crippen molar-refractivity contribution >= 4 is 27.5 Å². The Balaban J connectivity index is 0.000000847. The molecule has 0 saturated heterocycles. The van der Waals surface area contributed by atoms with Crippen LogP contribution < -0.4 is 0 Å². The van der Waals surface area contributed by atoms with Crippen LogP contribution in [0, 0.1) is 6.92 Å². The van der Waals surface area contributed by atoms with Gasteiger partial charge in [-0.05, 0) is 30.2 Å². The molecule has 2 heterocycles. The number of hydrogen-bond acceptors (Lipinski definition) is 4. The Kier molecular flexibility index (Phi) is 5.67. The third-order valence-corrected chi connectivity index (χ3v) is 3.96. The van der Waals surface area contributed by atoms with Gasteiger partial charge in [-0.25, -0.2) is 9.78 Å². The van der Waals surface area contributed by atoms with Gasteiger partial charge in [-0.15, -0.1) is 11.3 Å². The summed E-state index contributed by atoms with van der Waals surface area (Å²) in [5.74, 6) is -0.297. The smallest absolute Gasteiger partial charge is 0.348 e. The topological polar surface area (TPSA) is 39.2 Å². The molecule has 0 aliphatic heterocycles. The maximum atomic E-state index is 12.0. The van der Waals surface area contributed by atoms with Crippen molar-refractivity contribution in [2.45, 2.75) is 27.4 Å². The van der Waals surface area contributed by atoms with Crippen molar-refractivity contribution in [3.63, 3.8) is 0 Å². The molecule has 4 heteroatoms. The Morgan fingerprint density at radius 3 is 2.64 bits per heavy atom. The third-order valence-electron chi connectivity index (χ3n) is 2.92. The van der Waals surface area contributed by atoms with Crippen molar-refractivity contribution in [3.8, 4) is 0 Å². The fourth-order valence-corrected chi connectivity index (χ4v) is 2.82. The number of fused-ring (bicyclic) bond motifs is 1. The van der Waals surface area contributed by atoms with Gasteiger partial charge in [0.25, 0.3) is 0 Å². The van der Waals surface area contributed by atoms with Gasteiger partial charge in [0.1, 0.15) is 16.3 Å². The number of nitrogens with zero attached hydrogens (tertiary/aromatic N) is 1. The van der Waals surface area contributed by atoms with E-state index in [0.717, 1.165) is 21.3 Å². The quantitative estimate of drug-likeness (QED) is 0.640. The van der Waals surface area contributed by atoms with E-state index in [4.69, 9.17) is 4.74 Å². The van der Waals surface area contributed by atoms with Crippen molar-refractivity contribution in [2.75, 3.05) is 0 Å². The molecule has 0 spiro atoms. The van der Waals surface area contributed by atoms with Crippen molar-refractivity contribution in [3.05, 3.63) is 64.7 Å². The van der Waals surface area contributed by atoms with Crippen LogP contribution in [-0.2, 0) is 11.3 Å². The standard InChI is InChI=1S/C16H13NO2S.C2H6/c1-11-7-13-8-14(20-15(13)17-9-11)16(18)19-10-12-5-3-2-4-6-12;1-2/h2-9H,10H2,1H3;1-2H3. The first kappa shape index (κ1) is 16.2. The average Bonchev–Trinajstić information content (AvgIpc) is 2.98. The number of hydrogen-bond donors (Lipinski definition) is 0. The first-order valence-corrected chi connectivity index (χ1v) is 8.11. The van der Waals surface area contributed by atoms with Crippen LogP contribution in [0.15, 0.2) is 48.7 Å². The molecule has 0 aliphatic carbocycles. The van der Waals surface area contributed by atoms with Crippen LogP contribution in [0.4, 0.5) is 0 Å². The second-order valence-corrected chi connectivity index (χ2v) is 5.61. The van der Waals surface area contributed by atoms with E-state index < -0.39 is 0 Å². The number of aromatic nitrogens is 1. The molecule has 2 aromatic heterocycles. The van der Waals surface area contributed by atoms with Crippen molar-refractivity contribution < 1.29 is 9.53 Å². The van der Waals surface area contributed by atoms with Crippen LogP contribution in [0.25, 0.3) is 10.2 Å². The molecular formula is C18H19NO2S. The summed E-state index contributed by atoms with van der Waals surface area (Å²) >= 11 is 1.36. The fraction of sp³-hybridized carbons (Fsp3) is 0.222. The monoisotopic (exact) mass is 313 g/mol. The Hall–Kier alpha value is -2.20. The lowest BCUT2D eigenvalue weighted by Crippen LogP contribution is -2.02. The van der Waals surface area contributed by atoms with Crippen LogP contribution >= 0.6 is 11.3 Å². The van der Waals surface area contributed by atoms with Crippen LogP contribution in [0.3, 0.4) is 0 Å². The number of ether oxygens (including phenoxy) is 1. The summed E-state index contributed by atoms with van der Waals surface area (Å²) < 4.78 is 5.32. The molecule has 0 radical (unpaired) electrons. The van der Waals surface area contributed by atoms with E-state index in [0.29, 0.717) is 11.5 Å². The largest absolute Gasteiger partial charge is 0.457 e. The summed E-state index contributed by atoms with van der Waals surface area (Å²) in [5, 5.41) is 0.988. The zero-order chi connectivity index (χ0) is 15.9. The third kappa shape index (κ3) is 3.92. The number of esters is 1. The van der Waals surface area contributed by atoms with Gasteiger partial charge in [-0.1, -0.05) is 44.2 Å². The fourth-order valence-electron chi connectivity index (χ4n) is 1.94. The zero-order valence-corrected chi connectivity index (χ0v) is 13.8. The molecule has 0 amide bonds. The van der Waals surface area contributed by atoms with Gasteiger partial charge >= 0.3 is 5.97 Å². The van der Waals surface area contributed by atoms with Crippen LogP contribution in [0.2, 0.25) is 0 Å². The van der Waals surface area contributed by atoms with Gasteiger partial charge in [0.15, 0.2) is 0 Å². The van der Waals surface area contributed by atoms with Crippen molar-refractivity contribution in [1.82, 2.24) is 4.98 Å². The maximum absolute atomic E-state index is 12.0. The summed E-state index contributed by atoms with van der Waals surface area (Å²) in [6, 6.07) is 13.5. The molecule has 22 heavy (non-hydrogen) atoms. The lowest BCUT2D eigenvalue weighted by molar-refractivity contribution is 0.0478. The number of benzene rings is 1. The summed E-state index contributed by atoms with van der Waals surface area (Å²) in [5.41, 5.74) is 2.07. The summed E-state index contributed by atoms with van der Waals surface area (Å²) in [4.78, 5) is 17.8. The molecule has 0 saturated carbocycles. The first-order valence-electron chi connectivity index (χ1n) is 7.29. The van der Waals surface area contributed by atoms with E-state index in [1.807, 2.05) is 63.2 Å². The first-order chi connectivity index (χ1) is 10.7. The highest BCUT2D eigenvalue weighted by Crippen LogP contribution is 2.25. The van der Waals surface area contributed by atoms with E-state index in [1.54, 1.807) is 6.20 Å². The summed E-state index contributed by atoms with van der Waals surface area (Å²) in [7, 11) is 0. The van der Waals surface area contributed by atoms with Gasteiger partial charge < -0.3 is 4.74 Å². The Morgan fingerprint density at radius 2 is 1.91 bits per heavy atom. The molecular weight excluding hydrogens is 294 g/mol. The molecule has 0 bridgehead atoms. The van der Waals surface area contributed by atoms with E-state index in [1.165, 1.54) is 11.3 Å². The highest BCUT2D eigenvalue weighted by atomic mass is 32.1. The molecule has 1 aromatic carbocycles. The second kappa shape index (κ2) is 7.71. The predicted molar refractivity (Wildman–Crippen MR) is 91.3 cm³/mol. The lowest BCUT2D eigenvalue weighted by Gasteiger charge is -2.02. The van der Waals surface area contributed by atoms with Crippen LogP contribution in [0.5, 0.6) is 0 Å². The maximum Gasteiger partial charge on any atom is 0.348 e. The molecule has 0 atom stereocenters. The Morgan fingerprint density at radius 1 is 1.18 bits per heavy atom. The normalized spacial score (nSPS) is 9.95. The SMILES string of the molecule is CC.Cc1cnc2sc(C(=O)OCc3ccccc3)cc2c1. The van der Waals surface area contributed by atoms with Gasteiger partial charge in [-0.3, -0.25) is 0 Å². The van der Waals surface area contributed by atoms with Crippen LogP contribution in [-0.4, -0.2) is 11.0 Å². The molecule has 0 N–H and O–H groups in total. The summed E-state index contributed by atoms with van der Waals surface area (Å²) in [6.07, 6.45) is 1.80. The molecule has 3 aromatic rings. The highest BCUT2D eigenvalue weighted by molar-refractivity contribution is 7.20. The molecule has 0 aliphatic rings. The molecule has 3 nitrogen and oxygen atoms in total. The number of carbonyl (C=O) groups excluding carboxylic acids is 1. The van der Waals surface area contributed by atoms with E-state index >= 15 is 0 Å². The molecule has 0 fully saturated rings. The second-order valence-electron chi connectivity index (χ2n) is 4.58. The van der Waals surface area contributed by atoms with Gasteiger partial charge in [-0.2, -0.15) is 0 Å². The minimum atomic E-state index is -0.297. The predicted octanol–water partition coefficient (Wildman–Crippen LogP) is 4.99. The van der Waals surface area contributed by atoms with Gasteiger partial charge in [0.05, 0.1) is 0 Å². The molecule has 0 unspecified atom stereocenters. The number of aryl methyl sites for hydroxylation is 1. The lowest BCUT2D eigenvalue weighted by atomic mass is 10.2. The summed E-state index contributed by atoms with van der Waals surface area (Å²) in [6.45, 7) is 6.28. The van der Waals surface area contributed by atoms with Crippen LogP contribution in [0.1, 0.15) is 34.6 Å². The average molecular weight is 313 g/mol. The molecule has 3 rings (SSSR count). The molecule has 114 valence electrons. The van der Waals surface area contributed by atoms with E-state index in [9.17, 15) is 4.79 Å². The number of thiophene rings is 1.